The van der Waals surface area contributed by atoms with Gasteiger partial charge in [0.15, 0.2) is 0 Å². The van der Waals surface area contributed by atoms with Gasteiger partial charge in [0.2, 0.25) is 0 Å². The highest BCUT2D eigenvalue weighted by molar-refractivity contribution is 5.71. The molecule has 1 aliphatic rings. The Balaban J connectivity index is 2.58. The van der Waals surface area contributed by atoms with Crippen LogP contribution in [0.3, 0.4) is 0 Å². The Labute approximate surface area is 114 Å². The van der Waals surface area contributed by atoms with Crippen molar-refractivity contribution in [3.05, 3.63) is 0 Å². The van der Waals surface area contributed by atoms with Crippen molar-refractivity contribution in [1.82, 2.24) is 5.32 Å². The molecule has 1 saturated carbocycles. The molecule has 1 rings (SSSR count). The Hall–Kier alpha value is -1.26. The van der Waals surface area contributed by atoms with Crippen molar-refractivity contribution in [2.45, 2.75) is 70.9 Å². The molecule has 1 fully saturated rings. The summed E-state index contributed by atoms with van der Waals surface area (Å²) >= 11 is 0. The number of carboxylic acids is 1. The summed E-state index contributed by atoms with van der Waals surface area (Å²) in [6.45, 7) is 5.37. The standard InChI is InChI=1S/C14H25NO4/c1-14(2,3)19-13(18)15-11(9-12(16)17)10-7-5-4-6-8-10/h10-11H,4-9H2,1-3H3,(H,15,18)(H,16,17)/t11-/m1/s1. The van der Waals surface area contributed by atoms with Crippen LogP contribution in [-0.2, 0) is 9.53 Å². The highest BCUT2D eigenvalue weighted by Crippen LogP contribution is 2.28. The third-order valence-corrected chi connectivity index (χ3v) is 3.32. The smallest absolute Gasteiger partial charge is 0.407 e. The average Bonchev–Trinajstić information content (AvgIpc) is 2.26. The molecule has 110 valence electrons. The first-order chi connectivity index (χ1) is 8.78. The van der Waals surface area contributed by atoms with Gasteiger partial charge in [-0.2, -0.15) is 0 Å². The van der Waals surface area contributed by atoms with Gasteiger partial charge in [-0.25, -0.2) is 4.79 Å². The number of carbonyl (C=O) groups is 2. The van der Waals surface area contributed by atoms with Crippen LogP contribution in [0.25, 0.3) is 0 Å². The van der Waals surface area contributed by atoms with Gasteiger partial charge in [-0.05, 0) is 39.5 Å². The maximum Gasteiger partial charge on any atom is 0.407 e. The van der Waals surface area contributed by atoms with Crippen molar-refractivity contribution in [2.24, 2.45) is 5.92 Å². The maximum atomic E-state index is 11.8. The highest BCUT2D eigenvalue weighted by atomic mass is 16.6. The second kappa shape index (κ2) is 6.78. The summed E-state index contributed by atoms with van der Waals surface area (Å²) in [6, 6.07) is -0.326. The lowest BCUT2D eigenvalue weighted by molar-refractivity contribution is -0.137. The van der Waals surface area contributed by atoms with Crippen LogP contribution >= 0.6 is 0 Å². The van der Waals surface area contributed by atoms with E-state index < -0.39 is 17.7 Å². The van der Waals surface area contributed by atoms with Crippen molar-refractivity contribution in [3.8, 4) is 0 Å². The Morgan fingerprint density at radius 3 is 2.32 bits per heavy atom. The molecule has 0 aromatic heterocycles. The molecular formula is C14H25NO4. The molecule has 2 N–H and O–H groups in total. The van der Waals surface area contributed by atoms with Gasteiger partial charge in [0.05, 0.1) is 6.42 Å². The quantitative estimate of drug-likeness (QED) is 0.824. The third-order valence-electron chi connectivity index (χ3n) is 3.32. The van der Waals surface area contributed by atoms with Gasteiger partial charge in [-0.15, -0.1) is 0 Å². The van der Waals surface area contributed by atoms with Crippen LogP contribution in [0.15, 0.2) is 0 Å². The predicted octanol–water partition coefficient (Wildman–Crippen LogP) is 2.93. The third kappa shape index (κ3) is 6.45. The molecule has 0 heterocycles. The summed E-state index contributed by atoms with van der Waals surface area (Å²) in [5.41, 5.74) is -0.565. The zero-order valence-corrected chi connectivity index (χ0v) is 12.1. The van der Waals surface area contributed by atoms with Crippen molar-refractivity contribution in [1.29, 1.82) is 0 Å². The maximum absolute atomic E-state index is 11.8. The fourth-order valence-electron chi connectivity index (χ4n) is 2.52. The number of hydrogen-bond donors (Lipinski definition) is 2. The van der Waals surface area contributed by atoms with E-state index in [-0.39, 0.29) is 18.4 Å². The Morgan fingerprint density at radius 1 is 1.26 bits per heavy atom. The Morgan fingerprint density at radius 2 is 1.84 bits per heavy atom. The highest BCUT2D eigenvalue weighted by Gasteiger charge is 2.28. The van der Waals surface area contributed by atoms with Crippen molar-refractivity contribution in [2.75, 3.05) is 0 Å². The number of rotatable bonds is 4. The van der Waals surface area contributed by atoms with Crippen LogP contribution < -0.4 is 5.32 Å². The van der Waals surface area contributed by atoms with Gasteiger partial charge in [-0.3, -0.25) is 4.79 Å². The van der Waals surface area contributed by atoms with Gasteiger partial charge in [0.25, 0.3) is 0 Å². The van der Waals surface area contributed by atoms with Gasteiger partial charge in [-0.1, -0.05) is 19.3 Å². The van der Waals surface area contributed by atoms with Crippen molar-refractivity contribution >= 4 is 12.1 Å². The SMILES string of the molecule is CC(C)(C)OC(=O)N[C@H](CC(=O)O)C1CCCCC1. The van der Waals surface area contributed by atoms with Gasteiger partial charge >= 0.3 is 12.1 Å². The summed E-state index contributed by atoms with van der Waals surface area (Å²) in [4.78, 5) is 22.7. The molecule has 0 aliphatic heterocycles. The minimum Gasteiger partial charge on any atom is -0.481 e. The second-order valence-electron chi connectivity index (χ2n) is 6.25. The fraction of sp³-hybridized carbons (Fsp3) is 0.857. The molecule has 0 aromatic rings. The van der Waals surface area contributed by atoms with Crippen LogP contribution in [0.2, 0.25) is 0 Å². The Bertz CT molecular complexity index is 316. The minimum absolute atomic E-state index is 0.0378. The van der Waals surface area contributed by atoms with E-state index in [1.807, 2.05) is 0 Å². The molecule has 0 radical (unpaired) electrons. The lowest BCUT2D eigenvalue weighted by atomic mass is 9.83. The molecule has 0 saturated heterocycles. The van der Waals surface area contributed by atoms with E-state index in [0.29, 0.717) is 0 Å². The number of nitrogens with one attached hydrogen (secondary N) is 1. The molecular weight excluding hydrogens is 246 g/mol. The minimum atomic E-state index is -0.883. The van der Waals surface area contributed by atoms with Crippen LogP contribution in [0.1, 0.15) is 59.3 Å². The number of amides is 1. The summed E-state index contributed by atoms with van der Waals surface area (Å²) in [5, 5.41) is 11.7. The lowest BCUT2D eigenvalue weighted by Crippen LogP contribution is -2.44. The van der Waals surface area contributed by atoms with Crippen molar-refractivity contribution in [3.63, 3.8) is 0 Å². The number of carboxylic acid groups (broad SMARTS) is 1. The molecule has 5 heteroatoms. The van der Waals surface area contributed by atoms with E-state index >= 15 is 0 Å². The van der Waals surface area contributed by atoms with E-state index in [4.69, 9.17) is 9.84 Å². The topological polar surface area (TPSA) is 75.6 Å². The summed E-state index contributed by atoms with van der Waals surface area (Å²) in [7, 11) is 0. The average molecular weight is 271 g/mol. The zero-order chi connectivity index (χ0) is 14.5. The molecule has 1 aliphatic carbocycles. The molecule has 19 heavy (non-hydrogen) atoms. The fourth-order valence-corrected chi connectivity index (χ4v) is 2.52. The van der Waals surface area contributed by atoms with Crippen LogP contribution in [0.5, 0.6) is 0 Å². The first-order valence-electron chi connectivity index (χ1n) is 6.99. The molecule has 5 nitrogen and oxygen atoms in total. The monoisotopic (exact) mass is 271 g/mol. The van der Waals surface area contributed by atoms with E-state index in [1.54, 1.807) is 20.8 Å². The molecule has 0 bridgehead atoms. The molecule has 0 spiro atoms. The number of ether oxygens (including phenoxy) is 1. The first-order valence-corrected chi connectivity index (χ1v) is 6.99. The van der Waals surface area contributed by atoms with E-state index in [9.17, 15) is 9.59 Å². The summed E-state index contributed by atoms with van der Waals surface area (Å²) in [6.07, 6.45) is 4.81. The van der Waals surface area contributed by atoms with Gasteiger partial charge < -0.3 is 15.2 Å². The molecule has 1 amide bonds. The molecule has 1 atom stereocenters. The lowest BCUT2D eigenvalue weighted by Gasteiger charge is -2.30. The molecule has 0 aromatic carbocycles. The summed E-state index contributed by atoms with van der Waals surface area (Å²) in [5.74, 6) is -0.635. The Kier molecular flexibility index (Phi) is 5.63. The number of carbonyl (C=O) groups excluding carboxylic acids is 1. The summed E-state index contributed by atoms with van der Waals surface area (Å²) < 4.78 is 5.20. The number of aliphatic carboxylic acids is 1. The zero-order valence-electron chi connectivity index (χ0n) is 12.1. The predicted molar refractivity (Wildman–Crippen MR) is 72.0 cm³/mol. The van der Waals surface area contributed by atoms with Crippen LogP contribution in [-0.4, -0.2) is 28.8 Å². The number of hydrogen-bond acceptors (Lipinski definition) is 3. The van der Waals surface area contributed by atoms with E-state index in [2.05, 4.69) is 5.32 Å². The van der Waals surface area contributed by atoms with E-state index in [0.717, 1.165) is 25.7 Å². The van der Waals surface area contributed by atoms with Crippen LogP contribution in [0, 0.1) is 5.92 Å². The largest absolute Gasteiger partial charge is 0.481 e. The second-order valence-corrected chi connectivity index (χ2v) is 6.25. The normalized spacial score (nSPS) is 18.7. The number of alkyl carbamates (subject to hydrolysis) is 1. The van der Waals surface area contributed by atoms with Crippen LogP contribution in [0.4, 0.5) is 4.79 Å². The van der Waals surface area contributed by atoms with Gasteiger partial charge in [0.1, 0.15) is 5.60 Å². The molecule has 0 unspecified atom stereocenters. The first kappa shape index (κ1) is 15.8. The van der Waals surface area contributed by atoms with E-state index in [1.165, 1.54) is 6.42 Å². The van der Waals surface area contributed by atoms with Gasteiger partial charge in [0, 0.05) is 6.04 Å². The van der Waals surface area contributed by atoms with Crippen molar-refractivity contribution < 1.29 is 19.4 Å².